The maximum absolute atomic E-state index is 11.3. The van der Waals surface area contributed by atoms with Crippen LogP contribution in [0, 0.1) is 17.0 Å². The zero-order valence-electron chi connectivity index (χ0n) is 12.5. The second-order valence-corrected chi connectivity index (χ2v) is 5.06. The Morgan fingerprint density at radius 1 is 1.12 bits per heavy atom. The van der Waals surface area contributed by atoms with Crippen LogP contribution in [-0.2, 0) is 0 Å². The van der Waals surface area contributed by atoms with Gasteiger partial charge < -0.3 is 9.52 Å². The van der Waals surface area contributed by atoms with E-state index in [1.54, 1.807) is 13.0 Å². The van der Waals surface area contributed by atoms with E-state index in [0.29, 0.717) is 16.6 Å². The largest absolute Gasteiger partial charge is 0.505 e. The molecule has 0 aliphatic rings. The SMILES string of the molecule is Cc1cc(=O)oc2cc(O)c(N=Nc3ccc([N+](=O)[O-])cc3)cc12. The summed E-state index contributed by atoms with van der Waals surface area (Å²) in [5.41, 5.74) is 0.988. The summed E-state index contributed by atoms with van der Waals surface area (Å²) in [6.07, 6.45) is 0. The third kappa shape index (κ3) is 2.98. The molecular weight excluding hydrogens is 314 g/mol. The molecule has 0 fully saturated rings. The van der Waals surface area contributed by atoms with Crippen molar-refractivity contribution in [3.8, 4) is 5.75 Å². The highest BCUT2D eigenvalue weighted by Gasteiger charge is 2.09. The van der Waals surface area contributed by atoms with Gasteiger partial charge in [-0.25, -0.2) is 4.79 Å². The summed E-state index contributed by atoms with van der Waals surface area (Å²) in [5, 5.41) is 29.1. The van der Waals surface area contributed by atoms with Crippen LogP contribution in [-0.4, -0.2) is 10.0 Å². The van der Waals surface area contributed by atoms with Crippen molar-refractivity contribution in [3.63, 3.8) is 0 Å². The van der Waals surface area contributed by atoms with E-state index in [1.807, 2.05) is 0 Å². The Balaban J connectivity index is 1.98. The molecule has 0 saturated heterocycles. The van der Waals surface area contributed by atoms with Crippen LogP contribution < -0.4 is 5.63 Å². The second-order valence-electron chi connectivity index (χ2n) is 5.06. The van der Waals surface area contributed by atoms with Crippen molar-refractivity contribution < 1.29 is 14.4 Å². The number of phenols is 1. The van der Waals surface area contributed by atoms with Gasteiger partial charge in [0.05, 0.1) is 10.6 Å². The molecule has 3 rings (SSSR count). The smallest absolute Gasteiger partial charge is 0.336 e. The van der Waals surface area contributed by atoms with Gasteiger partial charge in [-0.15, -0.1) is 5.11 Å². The van der Waals surface area contributed by atoms with Crippen molar-refractivity contribution in [1.29, 1.82) is 0 Å². The molecule has 1 N–H and O–H groups in total. The predicted molar refractivity (Wildman–Crippen MR) is 86.2 cm³/mol. The van der Waals surface area contributed by atoms with Crippen molar-refractivity contribution in [2.75, 3.05) is 0 Å². The summed E-state index contributed by atoms with van der Waals surface area (Å²) in [7, 11) is 0. The number of aryl methyl sites for hydroxylation is 1. The van der Waals surface area contributed by atoms with Crippen molar-refractivity contribution in [2.24, 2.45) is 10.2 Å². The van der Waals surface area contributed by atoms with Crippen LogP contribution in [0.2, 0.25) is 0 Å². The van der Waals surface area contributed by atoms with Crippen molar-refractivity contribution >= 4 is 28.0 Å². The van der Waals surface area contributed by atoms with Gasteiger partial charge in [0, 0.05) is 29.7 Å². The van der Waals surface area contributed by atoms with E-state index in [4.69, 9.17) is 4.42 Å². The first-order valence-corrected chi connectivity index (χ1v) is 6.88. The number of hydrogen-bond acceptors (Lipinski definition) is 7. The normalized spacial score (nSPS) is 11.2. The fourth-order valence-electron chi connectivity index (χ4n) is 2.18. The Bertz CT molecular complexity index is 1020. The minimum absolute atomic E-state index is 0.0480. The number of rotatable bonds is 3. The number of nitro benzene ring substituents is 1. The summed E-state index contributed by atoms with van der Waals surface area (Å²) in [5.74, 6) is -0.193. The van der Waals surface area contributed by atoms with E-state index >= 15 is 0 Å². The molecule has 0 amide bonds. The maximum Gasteiger partial charge on any atom is 0.336 e. The van der Waals surface area contributed by atoms with E-state index < -0.39 is 10.5 Å². The van der Waals surface area contributed by atoms with Crippen LogP contribution in [0.15, 0.2) is 61.9 Å². The lowest BCUT2D eigenvalue weighted by Gasteiger charge is -2.03. The number of nitrogens with zero attached hydrogens (tertiary/aromatic N) is 3. The van der Waals surface area contributed by atoms with Gasteiger partial charge >= 0.3 is 5.63 Å². The fraction of sp³-hybridized carbons (Fsp3) is 0.0625. The van der Waals surface area contributed by atoms with E-state index in [9.17, 15) is 20.0 Å². The van der Waals surface area contributed by atoms with Gasteiger partial charge in [0.15, 0.2) is 0 Å². The molecule has 8 heteroatoms. The molecule has 0 saturated carbocycles. The van der Waals surface area contributed by atoms with E-state index in [-0.39, 0.29) is 22.7 Å². The fourth-order valence-corrected chi connectivity index (χ4v) is 2.18. The molecule has 3 aromatic rings. The average Bonchev–Trinajstić information content (AvgIpc) is 2.53. The number of benzene rings is 2. The molecule has 0 bridgehead atoms. The number of aromatic hydroxyl groups is 1. The Kier molecular flexibility index (Phi) is 3.78. The standard InChI is InChI=1S/C16H11N3O5/c1-9-6-16(21)24-15-8-14(20)13(7-12(9)15)18-17-10-2-4-11(5-3-10)19(22)23/h2-8,20H,1H3. The summed E-state index contributed by atoms with van der Waals surface area (Å²) >= 11 is 0. The Morgan fingerprint density at radius 3 is 2.50 bits per heavy atom. The quantitative estimate of drug-likeness (QED) is 0.336. The topological polar surface area (TPSA) is 118 Å². The Hall–Kier alpha value is -3.55. The highest BCUT2D eigenvalue weighted by Crippen LogP contribution is 2.33. The first kappa shape index (κ1) is 15.3. The lowest BCUT2D eigenvalue weighted by Crippen LogP contribution is -1.97. The zero-order chi connectivity index (χ0) is 17.3. The van der Waals surface area contributed by atoms with Crippen LogP contribution in [0.5, 0.6) is 5.75 Å². The number of fused-ring (bicyclic) bond motifs is 1. The van der Waals surface area contributed by atoms with Crippen molar-refractivity contribution in [1.82, 2.24) is 0 Å². The molecule has 1 aromatic heterocycles. The molecule has 0 aliphatic carbocycles. The van der Waals surface area contributed by atoms with Gasteiger partial charge in [-0.05, 0) is 30.7 Å². The highest BCUT2D eigenvalue weighted by molar-refractivity contribution is 5.85. The van der Waals surface area contributed by atoms with Crippen LogP contribution in [0.4, 0.5) is 17.1 Å². The molecule has 2 aromatic carbocycles. The average molecular weight is 325 g/mol. The summed E-state index contributed by atoms with van der Waals surface area (Å²) in [6, 6.07) is 9.72. The molecule has 0 atom stereocenters. The summed E-state index contributed by atoms with van der Waals surface area (Å²) in [6.45, 7) is 1.74. The molecule has 120 valence electrons. The molecule has 24 heavy (non-hydrogen) atoms. The van der Waals surface area contributed by atoms with Crippen LogP contribution in [0.25, 0.3) is 11.0 Å². The maximum atomic E-state index is 11.3. The molecule has 1 heterocycles. The van der Waals surface area contributed by atoms with Gasteiger partial charge in [-0.2, -0.15) is 5.11 Å². The molecular formula is C16H11N3O5. The highest BCUT2D eigenvalue weighted by atomic mass is 16.6. The van der Waals surface area contributed by atoms with Crippen molar-refractivity contribution in [2.45, 2.75) is 6.92 Å². The van der Waals surface area contributed by atoms with E-state index in [0.717, 1.165) is 0 Å². The monoisotopic (exact) mass is 325 g/mol. The first-order chi connectivity index (χ1) is 11.4. The van der Waals surface area contributed by atoms with Crippen molar-refractivity contribution in [3.05, 3.63) is 68.6 Å². The molecule has 0 unspecified atom stereocenters. The second kappa shape index (κ2) is 5.92. The van der Waals surface area contributed by atoms with Gasteiger partial charge in [0.2, 0.25) is 0 Å². The van der Waals surface area contributed by atoms with Crippen LogP contribution >= 0.6 is 0 Å². The van der Waals surface area contributed by atoms with Crippen LogP contribution in [0.1, 0.15) is 5.56 Å². The van der Waals surface area contributed by atoms with Gasteiger partial charge in [-0.3, -0.25) is 10.1 Å². The minimum Gasteiger partial charge on any atom is -0.505 e. The first-order valence-electron chi connectivity index (χ1n) is 6.88. The number of hydrogen-bond donors (Lipinski definition) is 1. The number of nitro groups is 1. The molecule has 0 aliphatic heterocycles. The molecule has 8 nitrogen and oxygen atoms in total. The molecule has 0 radical (unpaired) electrons. The van der Waals surface area contributed by atoms with Gasteiger partial charge in [0.1, 0.15) is 17.0 Å². The third-order valence-electron chi connectivity index (χ3n) is 3.38. The predicted octanol–water partition coefficient (Wildman–Crippen LogP) is 4.13. The third-order valence-corrected chi connectivity index (χ3v) is 3.38. The van der Waals surface area contributed by atoms with Crippen LogP contribution in [0.3, 0.4) is 0 Å². The van der Waals surface area contributed by atoms with Gasteiger partial charge in [-0.1, -0.05) is 0 Å². The number of azo groups is 1. The number of phenolic OH excluding ortho intramolecular Hbond substituents is 1. The zero-order valence-corrected chi connectivity index (χ0v) is 12.5. The summed E-state index contributed by atoms with van der Waals surface area (Å²) < 4.78 is 5.02. The lowest BCUT2D eigenvalue weighted by atomic mass is 10.1. The minimum atomic E-state index is -0.507. The van der Waals surface area contributed by atoms with E-state index in [1.165, 1.54) is 36.4 Å². The lowest BCUT2D eigenvalue weighted by molar-refractivity contribution is -0.384. The van der Waals surface area contributed by atoms with Gasteiger partial charge in [0.25, 0.3) is 5.69 Å². The van der Waals surface area contributed by atoms with E-state index in [2.05, 4.69) is 10.2 Å². The Morgan fingerprint density at radius 2 is 1.83 bits per heavy atom. The molecule has 0 spiro atoms. The number of non-ortho nitro benzene ring substituents is 1. The Labute approximate surface area is 134 Å². The summed E-state index contributed by atoms with van der Waals surface area (Å²) in [4.78, 5) is 21.4.